The Hall–Kier alpha value is -2.93. The fourth-order valence-corrected chi connectivity index (χ4v) is 3.49. The fraction of sp³-hybridized carbons (Fsp3) is 0.238. The Morgan fingerprint density at radius 3 is 2.43 bits per heavy atom. The van der Waals surface area contributed by atoms with E-state index in [1.165, 1.54) is 18.7 Å². The Balaban J connectivity index is 1.70. The first-order valence-corrected chi connectivity index (χ1v) is 9.71. The van der Waals surface area contributed by atoms with Crippen LogP contribution in [-0.4, -0.2) is 27.1 Å². The maximum Gasteiger partial charge on any atom is 0.277 e. The maximum atomic E-state index is 12.5. The first-order chi connectivity index (χ1) is 13.3. The van der Waals surface area contributed by atoms with Crippen LogP contribution in [0, 0.1) is 13.8 Å². The average Bonchev–Trinajstić information content (AvgIpc) is 3.09. The molecule has 0 bridgehead atoms. The van der Waals surface area contributed by atoms with Crippen LogP contribution in [0.15, 0.2) is 52.1 Å². The number of aromatic nitrogens is 2. The second-order valence-corrected chi connectivity index (χ2v) is 7.89. The molecule has 1 amide bonds. The molecule has 3 aromatic rings. The zero-order chi connectivity index (χ0) is 20.3. The third-order valence-corrected chi connectivity index (χ3v) is 5.02. The molecule has 3 rings (SSSR count). The molecule has 0 saturated carbocycles. The lowest BCUT2D eigenvalue weighted by Gasteiger charge is -2.12. The molecule has 0 aliphatic heterocycles. The lowest BCUT2D eigenvalue weighted by molar-refractivity contribution is -0.115. The molecule has 1 heterocycles. The Morgan fingerprint density at radius 2 is 1.75 bits per heavy atom. The first kappa shape index (κ1) is 19.8. The van der Waals surface area contributed by atoms with Crippen LogP contribution in [-0.2, 0) is 4.79 Å². The SMILES string of the molecule is CC(=O)c1ccccc1NC(=O)[C@H](C)Sc1nnc(-c2cc(C)cc(C)c2)o1. The van der Waals surface area contributed by atoms with Gasteiger partial charge in [0.1, 0.15) is 0 Å². The number of hydrogen-bond acceptors (Lipinski definition) is 6. The van der Waals surface area contributed by atoms with Gasteiger partial charge in [-0.05, 0) is 52.0 Å². The van der Waals surface area contributed by atoms with E-state index in [1.54, 1.807) is 31.2 Å². The number of ketones is 1. The molecule has 0 unspecified atom stereocenters. The van der Waals surface area contributed by atoms with Crippen LogP contribution in [0.4, 0.5) is 5.69 Å². The van der Waals surface area contributed by atoms with Gasteiger partial charge in [-0.25, -0.2) is 0 Å². The van der Waals surface area contributed by atoms with Crippen molar-refractivity contribution in [3.8, 4) is 11.5 Å². The van der Waals surface area contributed by atoms with E-state index in [1.807, 2.05) is 26.0 Å². The molecular weight excluding hydrogens is 374 g/mol. The van der Waals surface area contributed by atoms with Gasteiger partial charge in [0.25, 0.3) is 5.22 Å². The van der Waals surface area contributed by atoms with Crippen molar-refractivity contribution in [2.24, 2.45) is 0 Å². The number of rotatable bonds is 6. The Kier molecular flexibility index (Phi) is 5.94. The monoisotopic (exact) mass is 395 g/mol. The lowest BCUT2D eigenvalue weighted by atomic mass is 10.1. The molecule has 0 saturated heterocycles. The summed E-state index contributed by atoms with van der Waals surface area (Å²) in [6.07, 6.45) is 0. The minimum atomic E-state index is -0.479. The average molecular weight is 395 g/mol. The van der Waals surface area contributed by atoms with Gasteiger partial charge in [0.2, 0.25) is 11.8 Å². The van der Waals surface area contributed by atoms with Crippen LogP contribution in [0.2, 0.25) is 0 Å². The molecule has 0 aliphatic rings. The number of carbonyl (C=O) groups is 2. The van der Waals surface area contributed by atoms with E-state index in [2.05, 4.69) is 21.6 Å². The van der Waals surface area contributed by atoms with Crippen molar-refractivity contribution in [1.29, 1.82) is 0 Å². The van der Waals surface area contributed by atoms with Gasteiger partial charge in [-0.2, -0.15) is 0 Å². The van der Waals surface area contributed by atoms with E-state index in [9.17, 15) is 9.59 Å². The highest BCUT2D eigenvalue weighted by molar-refractivity contribution is 8.00. The number of anilines is 1. The van der Waals surface area contributed by atoms with Crippen molar-refractivity contribution in [2.45, 2.75) is 38.2 Å². The zero-order valence-electron chi connectivity index (χ0n) is 16.1. The quantitative estimate of drug-likeness (QED) is 0.482. The molecule has 0 fully saturated rings. The zero-order valence-corrected chi connectivity index (χ0v) is 17.0. The molecule has 0 radical (unpaired) electrons. The summed E-state index contributed by atoms with van der Waals surface area (Å²) in [7, 11) is 0. The third kappa shape index (κ3) is 4.67. The summed E-state index contributed by atoms with van der Waals surface area (Å²) >= 11 is 1.17. The summed E-state index contributed by atoms with van der Waals surface area (Å²) in [4.78, 5) is 24.2. The van der Waals surface area contributed by atoms with Crippen LogP contribution in [0.3, 0.4) is 0 Å². The highest BCUT2D eigenvalue weighted by atomic mass is 32.2. The lowest BCUT2D eigenvalue weighted by Crippen LogP contribution is -2.23. The molecule has 144 valence electrons. The highest BCUT2D eigenvalue weighted by Gasteiger charge is 2.20. The minimum absolute atomic E-state index is 0.105. The van der Waals surface area contributed by atoms with Gasteiger partial charge in [-0.15, -0.1) is 10.2 Å². The molecular formula is C21H21N3O3S. The van der Waals surface area contributed by atoms with Gasteiger partial charge in [0.15, 0.2) is 5.78 Å². The van der Waals surface area contributed by atoms with Gasteiger partial charge in [0.05, 0.1) is 10.9 Å². The van der Waals surface area contributed by atoms with Crippen molar-refractivity contribution in [3.05, 3.63) is 59.2 Å². The third-order valence-electron chi connectivity index (χ3n) is 4.09. The smallest absolute Gasteiger partial charge is 0.277 e. The second-order valence-electron chi connectivity index (χ2n) is 6.60. The van der Waals surface area contributed by atoms with Gasteiger partial charge < -0.3 is 9.73 Å². The van der Waals surface area contributed by atoms with Crippen LogP contribution in [0.25, 0.3) is 11.5 Å². The van der Waals surface area contributed by atoms with E-state index in [0.717, 1.165) is 16.7 Å². The van der Waals surface area contributed by atoms with E-state index in [0.29, 0.717) is 22.4 Å². The fourth-order valence-electron chi connectivity index (χ4n) is 2.81. The number of amides is 1. The summed E-state index contributed by atoms with van der Waals surface area (Å²) in [6.45, 7) is 7.23. The topological polar surface area (TPSA) is 85.1 Å². The van der Waals surface area contributed by atoms with Gasteiger partial charge in [-0.3, -0.25) is 9.59 Å². The van der Waals surface area contributed by atoms with Crippen LogP contribution < -0.4 is 5.32 Å². The summed E-state index contributed by atoms with van der Waals surface area (Å²) in [6, 6.07) is 12.9. The first-order valence-electron chi connectivity index (χ1n) is 8.83. The van der Waals surface area contributed by atoms with Crippen molar-refractivity contribution in [2.75, 3.05) is 5.32 Å². The van der Waals surface area contributed by atoms with E-state index in [4.69, 9.17) is 4.42 Å². The summed E-state index contributed by atoms with van der Waals surface area (Å²) in [5.74, 6) is 0.0693. The predicted octanol–water partition coefficient (Wildman–Crippen LogP) is 4.68. The highest BCUT2D eigenvalue weighted by Crippen LogP contribution is 2.28. The molecule has 7 heteroatoms. The number of thioether (sulfide) groups is 1. The normalized spacial score (nSPS) is 11.9. The molecule has 0 aliphatic carbocycles. The van der Waals surface area contributed by atoms with Gasteiger partial charge in [0, 0.05) is 11.1 Å². The van der Waals surface area contributed by atoms with E-state index in [-0.39, 0.29) is 11.7 Å². The van der Waals surface area contributed by atoms with Crippen molar-refractivity contribution in [3.63, 3.8) is 0 Å². The molecule has 2 aromatic carbocycles. The minimum Gasteiger partial charge on any atom is -0.411 e. The Bertz CT molecular complexity index is 1010. The number of Topliss-reactive ketones (excluding diaryl/α,β-unsaturated/α-hetero) is 1. The number of nitrogens with zero attached hydrogens (tertiary/aromatic N) is 2. The molecule has 0 spiro atoms. The number of carbonyl (C=O) groups excluding carboxylic acids is 2. The number of nitrogens with one attached hydrogen (secondary N) is 1. The van der Waals surface area contributed by atoms with Gasteiger partial charge >= 0.3 is 0 Å². The van der Waals surface area contributed by atoms with Crippen molar-refractivity contribution >= 4 is 29.1 Å². The molecule has 1 N–H and O–H groups in total. The van der Waals surface area contributed by atoms with Gasteiger partial charge in [-0.1, -0.05) is 41.1 Å². The molecule has 28 heavy (non-hydrogen) atoms. The summed E-state index contributed by atoms with van der Waals surface area (Å²) < 4.78 is 5.72. The van der Waals surface area contributed by atoms with Crippen molar-refractivity contribution in [1.82, 2.24) is 10.2 Å². The molecule has 6 nitrogen and oxygen atoms in total. The number of aryl methyl sites for hydroxylation is 2. The van der Waals surface area contributed by atoms with Crippen molar-refractivity contribution < 1.29 is 14.0 Å². The van der Waals surface area contributed by atoms with E-state index < -0.39 is 5.25 Å². The van der Waals surface area contributed by atoms with E-state index >= 15 is 0 Å². The molecule has 1 aromatic heterocycles. The number of para-hydroxylation sites is 1. The second kappa shape index (κ2) is 8.39. The largest absolute Gasteiger partial charge is 0.411 e. The Morgan fingerprint density at radius 1 is 1.07 bits per heavy atom. The summed E-state index contributed by atoms with van der Waals surface area (Å²) in [5.41, 5.74) is 4.04. The van der Waals surface area contributed by atoms with Crippen LogP contribution in [0.1, 0.15) is 35.3 Å². The number of hydrogen-bond donors (Lipinski definition) is 1. The maximum absolute atomic E-state index is 12.5. The molecule has 1 atom stereocenters. The standard InChI is InChI=1S/C21H21N3O3S/c1-12-9-13(2)11-16(10-12)20-23-24-21(27-20)28-15(4)19(26)22-18-8-6-5-7-17(18)14(3)25/h5-11,15H,1-4H3,(H,22,26)/t15-/m0/s1. The predicted molar refractivity (Wildman–Crippen MR) is 110 cm³/mol. The number of benzene rings is 2. The Labute approximate surface area is 167 Å². The summed E-state index contributed by atoms with van der Waals surface area (Å²) in [5, 5.41) is 10.8. The van der Waals surface area contributed by atoms with Crippen LogP contribution in [0.5, 0.6) is 0 Å². The van der Waals surface area contributed by atoms with Crippen LogP contribution >= 0.6 is 11.8 Å².